The van der Waals surface area contributed by atoms with Crippen LogP contribution in [-0.2, 0) is 27.6 Å². The predicted octanol–water partition coefficient (Wildman–Crippen LogP) is 2.28. The molecule has 0 bridgehead atoms. The number of likely N-dealkylation sites (N-methyl/N-ethyl adjacent to an activating group) is 1. The van der Waals surface area contributed by atoms with E-state index in [1.165, 1.54) is 23.1 Å². The lowest BCUT2D eigenvalue weighted by molar-refractivity contribution is -0.129. The molecule has 0 saturated heterocycles. The van der Waals surface area contributed by atoms with Gasteiger partial charge in [-0.2, -0.15) is 0 Å². The minimum absolute atomic E-state index is 0.0227. The number of hydrogen-bond acceptors (Lipinski definition) is 5. The summed E-state index contributed by atoms with van der Waals surface area (Å²) < 4.78 is 29.0. The highest BCUT2D eigenvalue weighted by atomic mass is 32.2. The quantitative estimate of drug-likeness (QED) is 0.791. The molecule has 0 saturated carbocycles. The molecule has 0 radical (unpaired) electrons. The average molecular weight is 379 g/mol. The van der Waals surface area contributed by atoms with E-state index in [2.05, 4.69) is 0 Å². The van der Waals surface area contributed by atoms with Gasteiger partial charge < -0.3 is 14.4 Å². The first-order valence-electron chi connectivity index (χ1n) is 8.02. The summed E-state index contributed by atoms with van der Waals surface area (Å²) in [7, 11) is -1.67. The number of aryl methyl sites for hydroxylation is 1. The molecule has 1 aromatic carbocycles. The van der Waals surface area contributed by atoms with Gasteiger partial charge in [0.2, 0.25) is 5.91 Å². The van der Waals surface area contributed by atoms with Crippen molar-refractivity contribution < 1.29 is 27.5 Å². The number of carbonyl (C=O) groups excluding carboxylic acids is 1. The number of rotatable bonds is 7. The van der Waals surface area contributed by atoms with Crippen LogP contribution in [0.15, 0.2) is 39.6 Å². The van der Waals surface area contributed by atoms with Crippen LogP contribution >= 0.6 is 0 Å². The molecular weight excluding hydrogens is 358 g/mol. The summed E-state index contributed by atoms with van der Waals surface area (Å²) in [5.41, 5.74) is 0.771. The fourth-order valence-electron chi connectivity index (χ4n) is 2.45. The number of hydrogen-bond donors (Lipinski definition) is 1. The zero-order valence-corrected chi connectivity index (χ0v) is 15.7. The van der Waals surface area contributed by atoms with Gasteiger partial charge in [0.15, 0.2) is 9.84 Å². The Morgan fingerprint density at radius 2 is 1.81 bits per heavy atom. The molecule has 7 nitrogen and oxygen atoms in total. The number of carboxylic acids is 1. The van der Waals surface area contributed by atoms with Crippen LogP contribution in [0, 0.1) is 6.92 Å². The van der Waals surface area contributed by atoms with E-state index >= 15 is 0 Å². The van der Waals surface area contributed by atoms with Gasteiger partial charge in [-0.05, 0) is 30.7 Å². The summed E-state index contributed by atoms with van der Waals surface area (Å²) >= 11 is 0. The Kier molecular flexibility index (Phi) is 5.86. The first-order chi connectivity index (χ1) is 12.1. The van der Waals surface area contributed by atoms with Crippen molar-refractivity contribution in [1.29, 1.82) is 0 Å². The predicted molar refractivity (Wildman–Crippen MR) is 94.8 cm³/mol. The van der Waals surface area contributed by atoms with Crippen molar-refractivity contribution in [2.24, 2.45) is 0 Å². The minimum atomic E-state index is -3.26. The molecule has 2 rings (SSSR count). The number of carbonyl (C=O) groups is 2. The number of nitrogens with zero attached hydrogens (tertiary/aromatic N) is 1. The van der Waals surface area contributed by atoms with Crippen molar-refractivity contribution in [2.75, 3.05) is 12.8 Å². The molecule has 0 spiro atoms. The summed E-state index contributed by atoms with van der Waals surface area (Å²) in [5.74, 6) is -0.564. The largest absolute Gasteiger partial charge is 0.478 e. The molecule has 0 aliphatic heterocycles. The highest BCUT2D eigenvalue weighted by Gasteiger charge is 2.17. The molecule has 0 aliphatic rings. The molecule has 1 heterocycles. The van der Waals surface area contributed by atoms with E-state index in [0.717, 1.165) is 0 Å². The molecule has 2 aromatic rings. The summed E-state index contributed by atoms with van der Waals surface area (Å²) in [6.45, 7) is 3.28. The minimum Gasteiger partial charge on any atom is -0.478 e. The molecule has 140 valence electrons. The van der Waals surface area contributed by atoms with Gasteiger partial charge in [-0.25, -0.2) is 13.2 Å². The SMILES string of the molecule is CCS(=O)(=O)c1ccc(CC(=O)N(C)Cc2cc(C(=O)O)c(C)o2)cc1. The molecule has 0 aliphatic carbocycles. The van der Waals surface area contributed by atoms with Gasteiger partial charge in [0.25, 0.3) is 0 Å². The Bertz CT molecular complexity index is 912. The smallest absolute Gasteiger partial charge is 0.339 e. The van der Waals surface area contributed by atoms with Gasteiger partial charge in [0, 0.05) is 7.05 Å². The summed E-state index contributed by atoms with van der Waals surface area (Å²) in [6.07, 6.45) is 0.106. The lowest BCUT2D eigenvalue weighted by Crippen LogP contribution is -2.27. The van der Waals surface area contributed by atoms with Gasteiger partial charge in [-0.15, -0.1) is 0 Å². The van der Waals surface area contributed by atoms with Crippen LogP contribution in [0.5, 0.6) is 0 Å². The third-order valence-corrected chi connectivity index (χ3v) is 5.79. The molecule has 8 heteroatoms. The second-order valence-electron chi connectivity index (χ2n) is 5.96. The Hall–Kier alpha value is -2.61. The normalized spacial score (nSPS) is 11.3. The number of amides is 1. The van der Waals surface area contributed by atoms with Crippen molar-refractivity contribution in [3.8, 4) is 0 Å². The van der Waals surface area contributed by atoms with Crippen LogP contribution in [0.1, 0.15) is 34.4 Å². The van der Waals surface area contributed by atoms with Crippen molar-refractivity contribution in [2.45, 2.75) is 31.7 Å². The maximum Gasteiger partial charge on any atom is 0.339 e. The number of aromatic carboxylic acids is 1. The van der Waals surface area contributed by atoms with Crippen LogP contribution in [0.3, 0.4) is 0 Å². The Morgan fingerprint density at radius 3 is 2.31 bits per heavy atom. The highest BCUT2D eigenvalue weighted by molar-refractivity contribution is 7.91. The average Bonchev–Trinajstić information content (AvgIpc) is 2.95. The first-order valence-corrected chi connectivity index (χ1v) is 9.67. The molecule has 1 aromatic heterocycles. The van der Waals surface area contributed by atoms with Gasteiger partial charge >= 0.3 is 5.97 Å². The Balaban J connectivity index is 2.03. The third kappa shape index (κ3) is 4.51. The van der Waals surface area contributed by atoms with Gasteiger partial charge in [-0.1, -0.05) is 19.1 Å². The number of benzene rings is 1. The first kappa shape index (κ1) is 19.7. The summed E-state index contributed by atoms with van der Waals surface area (Å²) in [4.78, 5) is 25.0. The van der Waals surface area contributed by atoms with Crippen molar-refractivity contribution in [3.63, 3.8) is 0 Å². The summed E-state index contributed by atoms with van der Waals surface area (Å²) in [5, 5.41) is 9.03. The van der Waals surface area contributed by atoms with Gasteiger partial charge in [0.05, 0.1) is 23.6 Å². The molecule has 1 N–H and O–H groups in total. The van der Waals surface area contributed by atoms with E-state index < -0.39 is 15.8 Å². The van der Waals surface area contributed by atoms with Gasteiger partial charge in [0.1, 0.15) is 17.1 Å². The van der Waals surface area contributed by atoms with Crippen LogP contribution < -0.4 is 0 Å². The molecular formula is C18H21NO6S. The van der Waals surface area contributed by atoms with Crippen LogP contribution in [0.2, 0.25) is 0 Å². The lowest BCUT2D eigenvalue weighted by atomic mass is 10.1. The number of carboxylic acid groups (broad SMARTS) is 1. The number of furan rings is 1. The molecule has 0 fully saturated rings. The number of sulfone groups is 1. The Morgan fingerprint density at radius 1 is 1.19 bits per heavy atom. The fourth-order valence-corrected chi connectivity index (χ4v) is 3.33. The van der Waals surface area contributed by atoms with E-state index in [4.69, 9.17) is 9.52 Å². The van der Waals surface area contributed by atoms with Crippen LogP contribution in [-0.4, -0.2) is 43.1 Å². The third-order valence-electron chi connectivity index (χ3n) is 4.04. The molecule has 1 amide bonds. The lowest BCUT2D eigenvalue weighted by Gasteiger charge is -2.16. The molecule has 26 heavy (non-hydrogen) atoms. The van der Waals surface area contributed by atoms with Crippen LogP contribution in [0.25, 0.3) is 0 Å². The van der Waals surface area contributed by atoms with E-state index in [0.29, 0.717) is 17.1 Å². The highest BCUT2D eigenvalue weighted by Crippen LogP contribution is 2.17. The maximum atomic E-state index is 12.3. The van der Waals surface area contributed by atoms with Crippen LogP contribution in [0.4, 0.5) is 0 Å². The van der Waals surface area contributed by atoms with E-state index in [1.54, 1.807) is 33.0 Å². The van der Waals surface area contributed by atoms with E-state index in [9.17, 15) is 18.0 Å². The topological polar surface area (TPSA) is 105 Å². The van der Waals surface area contributed by atoms with Gasteiger partial charge in [-0.3, -0.25) is 4.79 Å². The zero-order valence-electron chi connectivity index (χ0n) is 14.9. The zero-order chi connectivity index (χ0) is 19.5. The van der Waals surface area contributed by atoms with E-state index in [-0.39, 0.29) is 35.1 Å². The second-order valence-corrected chi connectivity index (χ2v) is 8.24. The van der Waals surface area contributed by atoms with Crippen molar-refractivity contribution in [3.05, 3.63) is 53.0 Å². The van der Waals surface area contributed by atoms with Crippen molar-refractivity contribution >= 4 is 21.7 Å². The second kappa shape index (κ2) is 7.74. The maximum absolute atomic E-state index is 12.3. The summed E-state index contributed by atoms with van der Waals surface area (Å²) in [6, 6.07) is 7.64. The molecule has 0 atom stereocenters. The van der Waals surface area contributed by atoms with Crippen molar-refractivity contribution in [1.82, 2.24) is 4.90 Å². The Labute approximate surface area is 152 Å². The molecule has 0 unspecified atom stereocenters. The standard InChI is InChI=1S/C18H21NO6S/c1-4-26(23,24)15-7-5-13(6-8-15)9-17(20)19(3)11-14-10-16(18(21)22)12(2)25-14/h5-8,10H,4,9,11H2,1-3H3,(H,21,22). The fraction of sp³-hybridized carbons (Fsp3) is 0.333. The van der Waals surface area contributed by atoms with E-state index in [1.807, 2.05) is 0 Å². The monoisotopic (exact) mass is 379 g/mol.